The Balaban J connectivity index is 1.36. The van der Waals surface area contributed by atoms with E-state index in [0.29, 0.717) is 58.9 Å². The van der Waals surface area contributed by atoms with Gasteiger partial charge in [0.1, 0.15) is 17.2 Å². The number of fused-ring (bicyclic) bond motifs is 6. The molecule has 3 aromatic carbocycles. The van der Waals surface area contributed by atoms with Gasteiger partial charge in [-0.25, -0.2) is 0 Å². The Bertz CT molecular complexity index is 1870. The van der Waals surface area contributed by atoms with E-state index in [9.17, 15) is 15.3 Å². The van der Waals surface area contributed by atoms with Crippen LogP contribution in [0.25, 0.3) is 0 Å². The van der Waals surface area contributed by atoms with Crippen LogP contribution in [0, 0.1) is 20.8 Å². The van der Waals surface area contributed by atoms with E-state index in [-0.39, 0.29) is 17.2 Å². The van der Waals surface area contributed by atoms with Crippen molar-refractivity contribution in [1.29, 1.82) is 0 Å². The number of nitrogens with zero attached hydrogens (tertiary/aromatic N) is 6. The maximum Gasteiger partial charge on any atom is 0.124 e. The van der Waals surface area contributed by atoms with Gasteiger partial charge in [-0.05, 0) is 57.2 Å². The molecule has 0 amide bonds. The van der Waals surface area contributed by atoms with Crippen LogP contribution in [0.2, 0.25) is 0 Å². The second-order valence-corrected chi connectivity index (χ2v) is 14.7. The van der Waals surface area contributed by atoms with Crippen LogP contribution in [0.3, 0.4) is 0 Å². The molecule has 0 unspecified atom stereocenters. The van der Waals surface area contributed by atoms with E-state index in [1.54, 1.807) is 18.6 Å². The first kappa shape index (κ1) is 36.7. The maximum atomic E-state index is 12.0. The molecular weight excluding hydrogens is 673 g/mol. The summed E-state index contributed by atoms with van der Waals surface area (Å²) in [6.45, 7) is 10.4. The molecule has 9 heteroatoms. The first-order chi connectivity index (χ1) is 26.2. The third-order valence-electron chi connectivity index (χ3n) is 9.94. The van der Waals surface area contributed by atoms with Gasteiger partial charge in [0.2, 0.25) is 0 Å². The van der Waals surface area contributed by atoms with Gasteiger partial charge in [0.05, 0.1) is 17.1 Å². The van der Waals surface area contributed by atoms with Crippen molar-refractivity contribution in [2.24, 2.45) is 0 Å². The minimum absolute atomic E-state index is 0.243. The number of phenols is 3. The zero-order valence-electron chi connectivity index (χ0n) is 31.3. The van der Waals surface area contributed by atoms with Crippen molar-refractivity contribution < 1.29 is 15.3 Å². The molecule has 0 saturated heterocycles. The van der Waals surface area contributed by atoms with Gasteiger partial charge >= 0.3 is 0 Å². The highest BCUT2D eigenvalue weighted by molar-refractivity contribution is 5.47. The van der Waals surface area contributed by atoms with Crippen LogP contribution in [-0.2, 0) is 58.9 Å². The van der Waals surface area contributed by atoms with Crippen LogP contribution in [0.1, 0.15) is 67.2 Å². The number of pyridine rings is 3. The number of hydrogen-bond donors (Lipinski definition) is 3. The molecule has 1 aliphatic rings. The zero-order valence-corrected chi connectivity index (χ0v) is 31.3. The van der Waals surface area contributed by atoms with Crippen molar-refractivity contribution in [3.8, 4) is 17.2 Å². The van der Waals surface area contributed by atoms with E-state index >= 15 is 0 Å². The average Bonchev–Trinajstić information content (AvgIpc) is 3.15. The highest BCUT2D eigenvalue weighted by Crippen LogP contribution is 2.34. The number of hydrogen-bond acceptors (Lipinski definition) is 9. The van der Waals surface area contributed by atoms with Gasteiger partial charge in [0.15, 0.2) is 0 Å². The predicted octanol–water partition coefficient (Wildman–Crippen LogP) is 7.83. The highest BCUT2D eigenvalue weighted by atomic mass is 16.3. The summed E-state index contributed by atoms with van der Waals surface area (Å²) in [5, 5.41) is 35.9. The van der Waals surface area contributed by atoms with Gasteiger partial charge < -0.3 is 15.3 Å². The van der Waals surface area contributed by atoms with Gasteiger partial charge in [-0.15, -0.1) is 0 Å². The highest BCUT2D eigenvalue weighted by Gasteiger charge is 2.23. The molecule has 0 spiro atoms. The maximum absolute atomic E-state index is 12.0. The van der Waals surface area contributed by atoms with Crippen molar-refractivity contribution in [2.45, 2.75) is 79.7 Å². The molecule has 0 atom stereocenters. The zero-order chi connectivity index (χ0) is 37.6. The molecular formula is C45H48N6O3. The van der Waals surface area contributed by atoms with Gasteiger partial charge in [0.25, 0.3) is 0 Å². The molecule has 0 aliphatic carbocycles. The van der Waals surface area contributed by atoms with Crippen LogP contribution >= 0.6 is 0 Å². The molecule has 0 fully saturated rings. The van der Waals surface area contributed by atoms with Crippen molar-refractivity contribution >= 4 is 0 Å². The molecule has 9 nitrogen and oxygen atoms in total. The van der Waals surface area contributed by atoms with Crippen molar-refractivity contribution in [3.05, 3.63) is 177 Å². The predicted molar refractivity (Wildman–Crippen MR) is 210 cm³/mol. The fourth-order valence-corrected chi connectivity index (χ4v) is 7.64. The number of rotatable bonds is 6. The number of aromatic hydroxyl groups is 3. The van der Waals surface area contributed by atoms with E-state index in [2.05, 4.69) is 50.4 Å². The lowest BCUT2D eigenvalue weighted by molar-refractivity contribution is 0.224. The van der Waals surface area contributed by atoms with E-state index < -0.39 is 0 Å². The van der Waals surface area contributed by atoms with Crippen LogP contribution in [0.4, 0.5) is 0 Å². The van der Waals surface area contributed by atoms with Crippen LogP contribution < -0.4 is 0 Å². The summed E-state index contributed by atoms with van der Waals surface area (Å²) in [6, 6.07) is 29.9. The molecule has 0 radical (unpaired) electrons. The lowest BCUT2D eigenvalue weighted by Crippen LogP contribution is -2.26. The second-order valence-electron chi connectivity index (χ2n) is 14.7. The minimum Gasteiger partial charge on any atom is -0.507 e. The summed E-state index contributed by atoms with van der Waals surface area (Å²) in [5.41, 5.74) is 10.6. The first-order valence-corrected chi connectivity index (χ1v) is 18.5. The Morgan fingerprint density at radius 2 is 0.648 bits per heavy atom. The topological polar surface area (TPSA) is 109 Å². The largest absolute Gasteiger partial charge is 0.507 e. The fourth-order valence-electron chi connectivity index (χ4n) is 7.64. The minimum atomic E-state index is 0.243. The second kappa shape index (κ2) is 16.6. The van der Waals surface area contributed by atoms with Gasteiger partial charge in [-0.3, -0.25) is 29.7 Å². The summed E-state index contributed by atoms with van der Waals surface area (Å²) in [4.78, 5) is 20.6. The smallest absolute Gasteiger partial charge is 0.124 e. The number of aromatic nitrogens is 3. The van der Waals surface area contributed by atoms with Crippen molar-refractivity contribution in [2.75, 3.05) is 0 Å². The number of phenolic OH excluding ortho intramolecular Hbond substituents is 3. The molecule has 1 aliphatic heterocycles. The fraction of sp³-hybridized carbons (Fsp3) is 0.267. The molecule has 6 bridgehead atoms. The lowest BCUT2D eigenvalue weighted by atomic mass is 10.00. The first-order valence-electron chi connectivity index (χ1n) is 18.5. The molecule has 54 heavy (non-hydrogen) atoms. The Labute approximate surface area is 317 Å². The van der Waals surface area contributed by atoms with Gasteiger partial charge in [-0.2, -0.15) is 0 Å². The quantitative estimate of drug-likeness (QED) is 0.159. The van der Waals surface area contributed by atoms with Gasteiger partial charge in [-0.1, -0.05) is 71.3 Å². The van der Waals surface area contributed by atoms with Crippen molar-refractivity contribution in [1.82, 2.24) is 29.7 Å². The molecule has 0 saturated carbocycles. The summed E-state index contributed by atoms with van der Waals surface area (Å²) < 4.78 is 0. The normalized spacial score (nSPS) is 14.7. The Morgan fingerprint density at radius 1 is 0.407 bits per heavy atom. The summed E-state index contributed by atoms with van der Waals surface area (Å²) >= 11 is 0. The Morgan fingerprint density at radius 3 is 0.852 bits per heavy atom. The SMILES string of the molecule is Cc1cc2c(O)c(c1)CN(Cc1ccccn1)Cc1cc(C)cc(c1O)CN(Cc1ccccn1)Cc1cc(C)cc(c1O)CN(Cc1ccccn1)C2. The van der Waals surface area contributed by atoms with E-state index in [1.165, 1.54) is 0 Å². The van der Waals surface area contributed by atoms with E-state index in [0.717, 1.165) is 67.2 Å². The van der Waals surface area contributed by atoms with Crippen LogP contribution in [0.5, 0.6) is 17.2 Å². The summed E-state index contributed by atoms with van der Waals surface area (Å²) in [6.07, 6.45) is 5.38. The average molecular weight is 721 g/mol. The molecule has 7 rings (SSSR count). The summed E-state index contributed by atoms with van der Waals surface area (Å²) in [5.74, 6) is 0.728. The lowest BCUT2D eigenvalue weighted by Gasteiger charge is -2.28. The molecule has 3 aromatic heterocycles. The standard InChI is InChI=1S/C45H48N6O3/c1-31-16-34-22-49(28-40-10-4-7-13-46-40)24-36-18-32(2)20-38(44(36)53)26-51(30-42-12-6-9-15-48-42)27-39-21-33(3)19-37(45(39)54)25-50(23-35(17-31)43(34)52)29-41-11-5-8-14-47-41/h4-21,52-54H,22-30H2,1-3H3. The Kier molecular flexibility index (Phi) is 11.3. The summed E-state index contributed by atoms with van der Waals surface area (Å²) in [7, 11) is 0. The van der Waals surface area contributed by atoms with Crippen molar-refractivity contribution in [3.63, 3.8) is 0 Å². The number of aryl methyl sites for hydroxylation is 3. The van der Waals surface area contributed by atoms with Crippen LogP contribution in [-0.4, -0.2) is 45.0 Å². The molecule has 3 N–H and O–H groups in total. The number of benzene rings is 3. The van der Waals surface area contributed by atoms with Gasteiger partial charge in [0, 0.05) is 111 Å². The molecule has 6 aromatic rings. The van der Waals surface area contributed by atoms with Crippen LogP contribution in [0.15, 0.2) is 110 Å². The van der Waals surface area contributed by atoms with E-state index in [4.69, 9.17) is 0 Å². The van der Waals surface area contributed by atoms with E-state index in [1.807, 2.05) is 91.0 Å². The third kappa shape index (κ3) is 9.12. The third-order valence-corrected chi connectivity index (χ3v) is 9.94. The monoisotopic (exact) mass is 720 g/mol. The molecule has 4 heterocycles. The Hall–Kier alpha value is -5.61. The molecule has 276 valence electrons.